The molecule has 112 valence electrons. The van der Waals surface area contributed by atoms with E-state index in [2.05, 4.69) is 20.7 Å². The van der Waals surface area contributed by atoms with Gasteiger partial charge in [0.2, 0.25) is 0 Å². The van der Waals surface area contributed by atoms with Gasteiger partial charge >= 0.3 is 11.7 Å². The number of sulfone groups is 1. The Kier molecular flexibility index (Phi) is 5.28. The second-order valence-electron chi connectivity index (χ2n) is 4.05. The zero-order chi connectivity index (χ0) is 15.5. The second kappa shape index (κ2) is 6.35. The van der Waals surface area contributed by atoms with Crippen molar-refractivity contribution in [2.24, 2.45) is 0 Å². The predicted molar refractivity (Wildman–Crippen MR) is 74.4 cm³/mol. The summed E-state index contributed by atoms with van der Waals surface area (Å²) in [6.07, 6.45) is 2.17. The van der Waals surface area contributed by atoms with Crippen LogP contribution in [0, 0.1) is 0 Å². The first-order valence-electron chi connectivity index (χ1n) is 5.40. The molecule has 0 unspecified atom stereocenters. The number of carbonyl (C=O) groups is 1. The molecule has 0 aromatic carbocycles. The van der Waals surface area contributed by atoms with E-state index in [1.807, 2.05) is 0 Å². The van der Waals surface area contributed by atoms with Gasteiger partial charge in [0.25, 0.3) is 5.56 Å². The third-order valence-electron chi connectivity index (χ3n) is 2.41. The van der Waals surface area contributed by atoms with E-state index in [-0.39, 0.29) is 23.3 Å². The van der Waals surface area contributed by atoms with Crippen LogP contribution < -0.4 is 11.2 Å². The quantitative estimate of drug-likeness (QED) is 0.616. The van der Waals surface area contributed by atoms with Gasteiger partial charge in [-0.25, -0.2) is 13.2 Å². The van der Waals surface area contributed by atoms with Crippen LogP contribution in [0.25, 0.3) is 0 Å². The summed E-state index contributed by atoms with van der Waals surface area (Å²) in [6, 6.07) is 0. The minimum atomic E-state index is -3.32. The number of nitrogens with zero attached hydrogens (tertiary/aromatic N) is 2. The van der Waals surface area contributed by atoms with Crippen molar-refractivity contribution in [1.29, 1.82) is 0 Å². The fraction of sp³-hybridized carbons (Fsp3) is 0.500. The zero-order valence-corrected chi connectivity index (χ0v) is 13.2. The number of hydrogen-bond donors (Lipinski definition) is 0. The Bertz CT molecular complexity index is 733. The molecular formula is C10H13BrN2O6S. The molecule has 0 aliphatic heterocycles. The molecule has 0 aliphatic carbocycles. The summed E-state index contributed by atoms with van der Waals surface area (Å²) in [4.78, 5) is 35.0. The average Bonchev–Trinajstić information content (AvgIpc) is 2.34. The Labute approximate surface area is 123 Å². The summed E-state index contributed by atoms with van der Waals surface area (Å²) in [7, 11) is -2.16. The van der Waals surface area contributed by atoms with Crippen molar-refractivity contribution < 1.29 is 17.9 Å². The van der Waals surface area contributed by atoms with Crippen LogP contribution >= 0.6 is 15.9 Å². The summed E-state index contributed by atoms with van der Waals surface area (Å²) in [5, 5.41) is 0. The van der Waals surface area contributed by atoms with Crippen molar-refractivity contribution in [3.63, 3.8) is 0 Å². The number of halogens is 1. The monoisotopic (exact) mass is 368 g/mol. The highest BCUT2D eigenvalue weighted by Crippen LogP contribution is 2.00. The predicted octanol–water partition coefficient (Wildman–Crippen LogP) is -1.01. The van der Waals surface area contributed by atoms with Crippen molar-refractivity contribution in [2.45, 2.75) is 13.1 Å². The highest BCUT2D eigenvalue weighted by Gasteiger charge is 2.14. The number of rotatable bonds is 5. The van der Waals surface area contributed by atoms with Crippen LogP contribution in [0.3, 0.4) is 0 Å². The smallest absolute Gasteiger partial charge is 0.331 e. The van der Waals surface area contributed by atoms with Crippen molar-refractivity contribution >= 4 is 31.7 Å². The maximum Gasteiger partial charge on any atom is 0.331 e. The number of carbonyl (C=O) groups excluding carboxylic acids is 1. The van der Waals surface area contributed by atoms with E-state index in [0.717, 1.165) is 15.4 Å². The van der Waals surface area contributed by atoms with Crippen LogP contribution in [0.15, 0.2) is 20.3 Å². The molecule has 1 heterocycles. The first kappa shape index (κ1) is 16.6. The molecular weight excluding hydrogens is 356 g/mol. The van der Waals surface area contributed by atoms with Gasteiger partial charge in [-0.15, -0.1) is 0 Å². The number of hydrogen-bond acceptors (Lipinski definition) is 6. The zero-order valence-electron chi connectivity index (χ0n) is 10.8. The summed E-state index contributed by atoms with van der Waals surface area (Å²) in [6.45, 7) is -0.649. The van der Waals surface area contributed by atoms with Gasteiger partial charge in [-0.1, -0.05) is 0 Å². The third kappa shape index (κ3) is 4.30. The molecule has 8 nitrogen and oxygen atoms in total. The van der Waals surface area contributed by atoms with E-state index in [1.165, 1.54) is 13.3 Å². The molecule has 10 heteroatoms. The fourth-order valence-electron chi connectivity index (χ4n) is 1.39. The van der Waals surface area contributed by atoms with Crippen LogP contribution in [0.5, 0.6) is 0 Å². The van der Waals surface area contributed by atoms with Crippen molar-refractivity contribution in [2.75, 3.05) is 19.1 Å². The molecule has 20 heavy (non-hydrogen) atoms. The molecule has 0 saturated carbocycles. The summed E-state index contributed by atoms with van der Waals surface area (Å²) >= 11 is 2.97. The van der Waals surface area contributed by atoms with E-state index in [4.69, 9.17) is 0 Å². The molecule has 0 atom stereocenters. The summed E-state index contributed by atoms with van der Waals surface area (Å²) in [5.74, 6) is -1.01. The Morgan fingerprint density at radius 1 is 1.40 bits per heavy atom. The summed E-state index contributed by atoms with van der Waals surface area (Å²) < 4.78 is 28.4. The third-order valence-corrected chi connectivity index (χ3v) is 3.88. The van der Waals surface area contributed by atoms with E-state index in [0.29, 0.717) is 0 Å². The van der Waals surface area contributed by atoms with Gasteiger partial charge in [-0.2, -0.15) is 0 Å². The highest BCUT2D eigenvalue weighted by atomic mass is 79.9. The van der Waals surface area contributed by atoms with Gasteiger partial charge in [0.15, 0.2) is 0 Å². The molecule has 1 aromatic heterocycles. The number of esters is 1. The van der Waals surface area contributed by atoms with E-state index < -0.39 is 27.1 Å². The van der Waals surface area contributed by atoms with Gasteiger partial charge < -0.3 is 4.74 Å². The van der Waals surface area contributed by atoms with Crippen molar-refractivity contribution in [1.82, 2.24) is 9.13 Å². The first-order chi connectivity index (χ1) is 9.15. The molecule has 1 aromatic rings. The topological polar surface area (TPSA) is 104 Å². The van der Waals surface area contributed by atoms with Gasteiger partial charge in [-0.3, -0.25) is 18.7 Å². The van der Waals surface area contributed by atoms with Crippen LogP contribution in [0.1, 0.15) is 0 Å². The maximum atomic E-state index is 12.0. The SMILES string of the molecule is COC(=O)Cn1cc(Br)c(=O)n(CCS(C)(=O)=O)c1=O. The lowest BCUT2D eigenvalue weighted by Crippen LogP contribution is -2.42. The molecule has 0 aliphatic rings. The average molecular weight is 369 g/mol. The Hall–Kier alpha value is -1.42. The van der Waals surface area contributed by atoms with Crippen molar-refractivity contribution in [3.05, 3.63) is 31.5 Å². The van der Waals surface area contributed by atoms with Gasteiger partial charge in [0.05, 0.1) is 17.3 Å². The van der Waals surface area contributed by atoms with Crippen LogP contribution in [0.4, 0.5) is 0 Å². The number of methoxy groups -OCH3 is 1. The lowest BCUT2D eigenvalue weighted by atomic mass is 10.5. The maximum absolute atomic E-state index is 12.0. The Morgan fingerprint density at radius 2 is 2.00 bits per heavy atom. The molecule has 0 radical (unpaired) electrons. The van der Waals surface area contributed by atoms with Crippen molar-refractivity contribution in [3.8, 4) is 0 Å². The molecule has 0 saturated heterocycles. The fourth-order valence-corrected chi connectivity index (χ4v) is 2.36. The second-order valence-corrected chi connectivity index (χ2v) is 7.16. The standard InChI is InChI=1S/C10H13BrN2O6S/c1-19-8(14)6-12-5-7(11)9(15)13(10(12)16)3-4-20(2,17)18/h5H,3-4,6H2,1-2H3. The largest absolute Gasteiger partial charge is 0.468 e. The van der Waals surface area contributed by atoms with Gasteiger partial charge in [-0.05, 0) is 15.9 Å². The van der Waals surface area contributed by atoms with E-state index in [9.17, 15) is 22.8 Å². The van der Waals surface area contributed by atoms with E-state index >= 15 is 0 Å². The molecule has 0 amide bonds. The normalized spacial score (nSPS) is 11.3. The Balaban J connectivity index is 3.26. The van der Waals surface area contributed by atoms with Crippen LogP contribution in [-0.2, 0) is 32.5 Å². The molecule has 1 rings (SSSR count). The minimum absolute atomic E-state index is 0.0505. The molecule has 0 bridgehead atoms. The number of aromatic nitrogens is 2. The Morgan fingerprint density at radius 3 is 2.50 bits per heavy atom. The lowest BCUT2D eigenvalue weighted by Gasteiger charge is -2.09. The lowest BCUT2D eigenvalue weighted by molar-refractivity contribution is -0.141. The molecule has 0 spiro atoms. The van der Waals surface area contributed by atoms with E-state index in [1.54, 1.807) is 0 Å². The molecule has 0 N–H and O–H groups in total. The highest BCUT2D eigenvalue weighted by molar-refractivity contribution is 9.10. The van der Waals surface area contributed by atoms with Crippen LogP contribution in [0.2, 0.25) is 0 Å². The van der Waals surface area contributed by atoms with Gasteiger partial charge in [0.1, 0.15) is 16.4 Å². The minimum Gasteiger partial charge on any atom is -0.468 e. The molecule has 0 fully saturated rings. The van der Waals surface area contributed by atoms with Crippen LogP contribution in [-0.4, -0.2) is 42.6 Å². The summed E-state index contributed by atoms with van der Waals surface area (Å²) in [5.41, 5.74) is -1.42. The van der Waals surface area contributed by atoms with Gasteiger partial charge in [0, 0.05) is 19.0 Å². The first-order valence-corrected chi connectivity index (χ1v) is 8.25. The number of ether oxygens (including phenoxy) is 1.